The third-order valence-electron chi connectivity index (χ3n) is 3.21. The topological polar surface area (TPSA) is 83.9 Å². The normalized spacial score (nSPS) is 20.0. The van der Waals surface area contributed by atoms with E-state index in [2.05, 4.69) is 0 Å². The summed E-state index contributed by atoms with van der Waals surface area (Å²) in [5.41, 5.74) is 0. The van der Waals surface area contributed by atoms with Gasteiger partial charge in [-0.3, -0.25) is 4.79 Å². The first-order chi connectivity index (χ1) is 9.37. The van der Waals surface area contributed by atoms with Crippen molar-refractivity contribution < 1.29 is 27.4 Å². The summed E-state index contributed by atoms with van der Waals surface area (Å²) in [5, 5.41) is 9.03. The highest BCUT2D eigenvalue weighted by atomic mass is 32.2. The number of carboxylic acid groups (broad SMARTS) is 1. The van der Waals surface area contributed by atoms with Crippen molar-refractivity contribution >= 4 is 16.0 Å². The lowest BCUT2D eigenvalue weighted by molar-refractivity contribution is -0.140. The van der Waals surface area contributed by atoms with Crippen LogP contribution in [0.5, 0.6) is 5.75 Å². The molecule has 1 aromatic carbocycles. The zero-order chi connectivity index (χ0) is 14.9. The molecule has 0 spiro atoms. The van der Waals surface area contributed by atoms with Crippen LogP contribution in [0.3, 0.4) is 0 Å². The molecule has 1 saturated heterocycles. The van der Waals surface area contributed by atoms with Crippen LogP contribution in [0.2, 0.25) is 0 Å². The second-order valence-electron chi connectivity index (χ2n) is 4.41. The first-order valence-corrected chi connectivity index (χ1v) is 7.40. The van der Waals surface area contributed by atoms with E-state index in [1.54, 1.807) is 0 Å². The van der Waals surface area contributed by atoms with E-state index in [4.69, 9.17) is 9.84 Å². The molecule has 0 aliphatic carbocycles. The standard InChI is InChI=1S/C12H14FNO5S/c1-19-8-4-5-11(9(13)7-8)20(17,18)14-6-2-3-10(14)12(15)16/h4-5,7,10H,2-3,6H2,1H3,(H,15,16)/t10-/m1/s1. The number of hydrogen-bond donors (Lipinski definition) is 1. The average Bonchev–Trinajstić information content (AvgIpc) is 2.88. The first kappa shape index (κ1) is 14.7. The molecule has 1 fully saturated rings. The number of benzene rings is 1. The molecular formula is C12H14FNO5S. The summed E-state index contributed by atoms with van der Waals surface area (Å²) in [6.45, 7) is 0.0742. The predicted octanol–water partition coefficient (Wildman–Crippen LogP) is 1.07. The Kier molecular flexibility index (Phi) is 3.96. The fourth-order valence-electron chi connectivity index (χ4n) is 2.22. The van der Waals surface area contributed by atoms with Gasteiger partial charge in [-0.25, -0.2) is 12.8 Å². The van der Waals surface area contributed by atoms with Crippen molar-refractivity contribution in [2.75, 3.05) is 13.7 Å². The van der Waals surface area contributed by atoms with Crippen LogP contribution in [0.1, 0.15) is 12.8 Å². The minimum Gasteiger partial charge on any atom is -0.497 e. The van der Waals surface area contributed by atoms with Gasteiger partial charge in [0.1, 0.15) is 22.5 Å². The van der Waals surface area contributed by atoms with Gasteiger partial charge in [0.05, 0.1) is 7.11 Å². The Morgan fingerprint density at radius 1 is 1.50 bits per heavy atom. The molecule has 0 unspecified atom stereocenters. The molecule has 1 heterocycles. The maximum absolute atomic E-state index is 13.9. The third-order valence-corrected chi connectivity index (χ3v) is 5.16. The number of carbonyl (C=O) groups is 1. The van der Waals surface area contributed by atoms with Gasteiger partial charge in [0.15, 0.2) is 0 Å². The summed E-state index contributed by atoms with van der Waals surface area (Å²) in [6.07, 6.45) is 0.667. The highest BCUT2D eigenvalue weighted by Gasteiger charge is 2.40. The molecule has 1 aromatic rings. The van der Waals surface area contributed by atoms with E-state index in [-0.39, 0.29) is 18.7 Å². The van der Waals surface area contributed by atoms with Gasteiger partial charge in [-0.05, 0) is 25.0 Å². The van der Waals surface area contributed by atoms with Crippen LogP contribution in [-0.4, -0.2) is 43.5 Å². The molecule has 6 nitrogen and oxygen atoms in total. The lowest BCUT2D eigenvalue weighted by atomic mass is 10.2. The molecule has 1 aliphatic rings. The molecule has 2 rings (SSSR count). The highest BCUT2D eigenvalue weighted by molar-refractivity contribution is 7.89. The van der Waals surface area contributed by atoms with Crippen molar-refractivity contribution in [3.05, 3.63) is 24.0 Å². The number of methoxy groups -OCH3 is 1. The van der Waals surface area contributed by atoms with E-state index in [0.717, 1.165) is 16.4 Å². The zero-order valence-corrected chi connectivity index (χ0v) is 11.6. The minimum absolute atomic E-state index is 0.0742. The van der Waals surface area contributed by atoms with Gasteiger partial charge < -0.3 is 9.84 Å². The van der Waals surface area contributed by atoms with Gasteiger partial charge in [0.25, 0.3) is 0 Å². The quantitative estimate of drug-likeness (QED) is 0.899. The van der Waals surface area contributed by atoms with E-state index >= 15 is 0 Å². The van der Waals surface area contributed by atoms with Crippen molar-refractivity contribution in [1.29, 1.82) is 0 Å². The van der Waals surface area contributed by atoms with Crippen molar-refractivity contribution in [2.24, 2.45) is 0 Å². The minimum atomic E-state index is -4.17. The van der Waals surface area contributed by atoms with Gasteiger partial charge in [-0.1, -0.05) is 0 Å². The second kappa shape index (κ2) is 5.37. The average molecular weight is 303 g/mol. The van der Waals surface area contributed by atoms with Gasteiger partial charge in [0, 0.05) is 12.6 Å². The largest absolute Gasteiger partial charge is 0.497 e. The number of ether oxygens (including phenoxy) is 1. The Hall–Kier alpha value is -1.67. The van der Waals surface area contributed by atoms with Crippen molar-refractivity contribution in [3.63, 3.8) is 0 Å². The van der Waals surface area contributed by atoms with Crippen LogP contribution in [-0.2, 0) is 14.8 Å². The Labute approximate surface area is 115 Å². The van der Waals surface area contributed by atoms with Crippen molar-refractivity contribution in [3.8, 4) is 5.75 Å². The van der Waals surface area contributed by atoms with E-state index in [1.807, 2.05) is 0 Å². The molecule has 0 bridgehead atoms. The Morgan fingerprint density at radius 2 is 2.20 bits per heavy atom. The molecule has 1 N–H and O–H groups in total. The van der Waals surface area contributed by atoms with Gasteiger partial charge in [-0.2, -0.15) is 4.31 Å². The second-order valence-corrected chi connectivity index (χ2v) is 6.27. The Balaban J connectivity index is 2.42. The summed E-state index contributed by atoms with van der Waals surface area (Å²) < 4.78 is 44.2. The highest BCUT2D eigenvalue weighted by Crippen LogP contribution is 2.29. The molecule has 0 saturated carbocycles. The SMILES string of the molecule is COc1ccc(S(=O)(=O)N2CCC[C@@H]2C(=O)O)c(F)c1. The fourth-order valence-corrected chi connectivity index (χ4v) is 3.92. The van der Waals surface area contributed by atoms with Crippen LogP contribution < -0.4 is 4.74 Å². The lowest BCUT2D eigenvalue weighted by Gasteiger charge is -2.21. The third kappa shape index (κ3) is 2.48. The number of sulfonamides is 1. The predicted molar refractivity (Wildman–Crippen MR) is 67.5 cm³/mol. The number of aliphatic carboxylic acids is 1. The number of carboxylic acids is 1. The summed E-state index contributed by atoms with van der Waals surface area (Å²) in [7, 11) is -2.83. The van der Waals surface area contributed by atoms with E-state index in [9.17, 15) is 17.6 Å². The van der Waals surface area contributed by atoms with Crippen LogP contribution in [0, 0.1) is 5.82 Å². The Bertz CT molecular complexity index is 631. The molecular weight excluding hydrogens is 289 g/mol. The van der Waals surface area contributed by atoms with Crippen molar-refractivity contribution in [2.45, 2.75) is 23.8 Å². The van der Waals surface area contributed by atoms with Crippen LogP contribution in [0.15, 0.2) is 23.1 Å². The molecule has 8 heteroatoms. The fraction of sp³-hybridized carbons (Fsp3) is 0.417. The Morgan fingerprint density at radius 3 is 2.75 bits per heavy atom. The van der Waals surface area contributed by atoms with Crippen LogP contribution >= 0.6 is 0 Å². The smallest absolute Gasteiger partial charge is 0.322 e. The van der Waals surface area contributed by atoms with E-state index < -0.39 is 32.7 Å². The maximum atomic E-state index is 13.9. The zero-order valence-electron chi connectivity index (χ0n) is 10.7. The van der Waals surface area contributed by atoms with Gasteiger partial charge in [0.2, 0.25) is 10.0 Å². The van der Waals surface area contributed by atoms with E-state index in [0.29, 0.717) is 6.42 Å². The maximum Gasteiger partial charge on any atom is 0.322 e. The number of rotatable bonds is 4. The molecule has 0 aromatic heterocycles. The summed E-state index contributed by atoms with van der Waals surface area (Å²) in [6, 6.07) is 2.22. The summed E-state index contributed by atoms with van der Waals surface area (Å²) in [4.78, 5) is 10.5. The molecule has 110 valence electrons. The monoisotopic (exact) mass is 303 g/mol. The molecule has 20 heavy (non-hydrogen) atoms. The lowest BCUT2D eigenvalue weighted by Crippen LogP contribution is -2.40. The van der Waals surface area contributed by atoms with E-state index in [1.165, 1.54) is 13.2 Å². The van der Waals surface area contributed by atoms with Gasteiger partial charge >= 0.3 is 5.97 Å². The van der Waals surface area contributed by atoms with Crippen molar-refractivity contribution in [1.82, 2.24) is 4.31 Å². The van der Waals surface area contributed by atoms with Gasteiger partial charge in [-0.15, -0.1) is 0 Å². The van der Waals surface area contributed by atoms with Crippen LogP contribution in [0.4, 0.5) is 4.39 Å². The number of halogens is 1. The molecule has 1 atom stereocenters. The number of hydrogen-bond acceptors (Lipinski definition) is 4. The molecule has 1 aliphatic heterocycles. The number of nitrogens with zero attached hydrogens (tertiary/aromatic N) is 1. The molecule has 0 radical (unpaired) electrons. The summed E-state index contributed by atoms with van der Waals surface area (Å²) >= 11 is 0. The van der Waals surface area contributed by atoms with Crippen LogP contribution in [0.25, 0.3) is 0 Å². The summed E-state index contributed by atoms with van der Waals surface area (Å²) in [5.74, 6) is -1.99. The molecule has 0 amide bonds. The first-order valence-electron chi connectivity index (χ1n) is 5.96.